The monoisotopic (exact) mass is 337 g/mol. The number of hydrogen-bond donors (Lipinski definition) is 1. The number of ether oxygens (including phenoxy) is 1. The van der Waals surface area contributed by atoms with Gasteiger partial charge in [0.1, 0.15) is 13.2 Å². The van der Waals surface area contributed by atoms with Crippen LogP contribution in [0.3, 0.4) is 0 Å². The van der Waals surface area contributed by atoms with E-state index in [0.717, 1.165) is 56.0 Å². The van der Waals surface area contributed by atoms with Crippen LogP contribution in [0.15, 0.2) is 0 Å². The molecule has 0 aromatic rings. The molecular weight excluding hydrogens is 306 g/mol. The third kappa shape index (κ3) is 19.2. The molecule has 0 heterocycles. The Bertz CT molecular complexity index is 303. The summed E-state index contributed by atoms with van der Waals surface area (Å²) in [5.74, 6) is -0.802. The summed E-state index contributed by atoms with van der Waals surface area (Å²) < 4.78 is 5.99. The molecule has 0 saturated heterocycles. The molecule has 5 nitrogen and oxygen atoms in total. The zero-order chi connectivity index (χ0) is 16.1. The maximum absolute atomic E-state index is 11.5. The summed E-state index contributed by atoms with van der Waals surface area (Å²) >= 11 is 0. The molecule has 0 aromatic carbocycles. The molecule has 6 heteroatoms. The van der Waals surface area contributed by atoms with Crippen LogP contribution in [0.2, 0.25) is 0 Å². The molecule has 0 aromatic heterocycles. The first-order valence-corrected chi connectivity index (χ1v) is 7.99. The molecule has 0 amide bonds. The van der Waals surface area contributed by atoms with Gasteiger partial charge in [0.2, 0.25) is 0 Å². The SMILES string of the molecule is C[N+](C)(C)CCOC(=O)CCCCCCCCCC(=O)O.[Cl-]. The lowest BCUT2D eigenvalue weighted by Crippen LogP contribution is -3.00. The third-order valence-corrected chi connectivity index (χ3v) is 3.30. The average Bonchev–Trinajstić information content (AvgIpc) is 2.34. The molecular formula is C16H32ClNO4. The van der Waals surface area contributed by atoms with E-state index in [0.29, 0.717) is 13.0 Å². The second-order valence-electron chi connectivity index (χ2n) is 6.60. The number of hydrogen-bond acceptors (Lipinski definition) is 3. The van der Waals surface area contributed by atoms with Gasteiger partial charge in [-0.25, -0.2) is 0 Å². The zero-order valence-corrected chi connectivity index (χ0v) is 15.0. The summed E-state index contributed by atoms with van der Waals surface area (Å²) in [7, 11) is 6.22. The van der Waals surface area contributed by atoms with E-state index in [2.05, 4.69) is 21.1 Å². The Balaban J connectivity index is 0. The quantitative estimate of drug-likeness (QED) is 0.288. The van der Waals surface area contributed by atoms with Crippen LogP contribution in [0, 0.1) is 0 Å². The summed E-state index contributed by atoms with van der Waals surface area (Å²) in [6.07, 6.45) is 7.79. The van der Waals surface area contributed by atoms with Gasteiger partial charge < -0.3 is 26.7 Å². The molecule has 0 saturated carbocycles. The van der Waals surface area contributed by atoms with Crippen LogP contribution in [-0.2, 0) is 14.3 Å². The third-order valence-electron chi connectivity index (χ3n) is 3.30. The first-order valence-electron chi connectivity index (χ1n) is 7.99. The molecule has 0 aliphatic rings. The van der Waals surface area contributed by atoms with Crippen molar-refractivity contribution in [2.45, 2.75) is 57.8 Å². The van der Waals surface area contributed by atoms with E-state index in [4.69, 9.17) is 9.84 Å². The normalized spacial score (nSPS) is 10.9. The van der Waals surface area contributed by atoms with Gasteiger partial charge in [0, 0.05) is 12.8 Å². The molecule has 0 aliphatic carbocycles. The van der Waals surface area contributed by atoms with Crippen LogP contribution in [0.5, 0.6) is 0 Å². The van der Waals surface area contributed by atoms with Gasteiger partial charge in [-0.05, 0) is 12.8 Å². The van der Waals surface area contributed by atoms with Crippen molar-refractivity contribution in [3.05, 3.63) is 0 Å². The lowest BCUT2D eigenvalue weighted by molar-refractivity contribution is -0.870. The number of carbonyl (C=O) groups is 2. The second kappa shape index (κ2) is 13.8. The van der Waals surface area contributed by atoms with Gasteiger partial charge in [0.05, 0.1) is 21.1 Å². The number of carboxylic acids is 1. The molecule has 132 valence electrons. The highest BCUT2D eigenvalue weighted by Gasteiger charge is 2.09. The highest BCUT2D eigenvalue weighted by molar-refractivity contribution is 5.69. The number of carbonyl (C=O) groups excluding carboxylic acids is 1. The van der Waals surface area contributed by atoms with Gasteiger partial charge in [0.25, 0.3) is 0 Å². The van der Waals surface area contributed by atoms with Crippen molar-refractivity contribution in [2.75, 3.05) is 34.3 Å². The van der Waals surface area contributed by atoms with Crippen molar-refractivity contribution in [3.8, 4) is 0 Å². The minimum absolute atomic E-state index is 0. The Morgan fingerprint density at radius 3 is 1.77 bits per heavy atom. The lowest BCUT2D eigenvalue weighted by Gasteiger charge is -2.23. The minimum atomic E-state index is -0.709. The fourth-order valence-electron chi connectivity index (χ4n) is 1.93. The van der Waals surface area contributed by atoms with Gasteiger partial charge in [-0.1, -0.05) is 32.1 Å². The summed E-state index contributed by atoms with van der Waals surface area (Å²) in [4.78, 5) is 21.8. The maximum Gasteiger partial charge on any atom is 0.305 e. The van der Waals surface area contributed by atoms with Crippen LogP contribution in [0.1, 0.15) is 57.8 Å². The Kier molecular flexibility index (Phi) is 14.7. The topological polar surface area (TPSA) is 63.6 Å². The number of unbranched alkanes of at least 4 members (excludes halogenated alkanes) is 6. The number of halogens is 1. The van der Waals surface area contributed by atoms with Gasteiger partial charge in [-0.3, -0.25) is 9.59 Å². The van der Waals surface area contributed by atoms with Crippen LogP contribution in [0.4, 0.5) is 0 Å². The summed E-state index contributed by atoms with van der Waals surface area (Å²) in [5.41, 5.74) is 0. The van der Waals surface area contributed by atoms with Gasteiger partial charge in [-0.15, -0.1) is 0 Å². The lowest BCUT2D eigenvalue weighted by atomic mass is 10.1. The van der Waals surface area contributed by atoms with Gasteiger partial charge in [0.15, 0.2) is 0 Å². The number of carboxylic acid groups (broad SMARTS) is 1. The molecule has 0 unspecified atom stereocenters. The zero-order valence-electron chi connectivity index (χ0n) is 14.3. The Morgan fingerprint density at radius 2 is 1.32 bits per heavy atom. The number of rotatable bonds is 13. The predicted molar refractivity (Wildman–Crippen MR) is 83.0 cm³/mol. The van der Waals surface area contributed by atoms with E-state index in [1.165, 1.54) is 0 Å². The van der Waals surface area contributed by atoms with Crippen molar-refractivity contribution in [3.63, 3.8) is 0 Å². The van der Waals surface area contributed by atoms with Crippen molar-refractivity contribution in [2.24, 2.45) is 0 Å². The smallest absolute Gasteiger partial charge is 0.305 e. The summed E-state index contributed by atoms with van der Waals surface area (Å²) in [6, 6.07) is 0. The van der Waals surface area contributed by atoms with E-state index in [9.17, 15) is 9.59 Å². The van der Waals surface area contributed by atoms with E-state index in [-0.39, 0.29) is 24.8 Å². The van der Waals surface area contributed by atoms with E-state index in [1.807, 2.05) is 0 Å². The number of esters is 1. The molecule has 0 spiro atoms. The Labute approximate surface area is 141 Å². The molecule has 0 bridgehead atoms. The van der Waals surface area contributed by atoms with E-state index >= 15 is 0 Å². The standard InChI is InChI=1S/C16H31NO4.ClH/c1-17(2,3)13-14-21-16(20)12-10-8-6-4-5-7-9-11-15(18)19;/h4-14H2,1-3H3;1H. The van der Waals surface area contributed by atoms with E-state index in [1.54, 1.807) is 0 Å². The first kappa shape index (κ1) is 23.5. The summed E-state index contributed by atoms with van der Waals surface area (Å²) in [5, 5.41) is 8.50. The van der Waals surface area contributed by atoms with Crippen LogP contribution in [0.25, 0.3) is 0 Å². The molecule has 0 rings (SSSR count). The Morgan fingerprint density at radius 1 is 0.864 bits per heavy atom. The van der Waals surface area contributed by atoms with Crippen LogP contribution < -0.4 is 12.4 Å². The largest absolute Gasteiger partial charge is 1.00 e. The summed E-state index contributed by atoms with van der Waals surface area (Å²) in [6.45, 7) is 1.33. The molecule has 1 N–H and O–H groups in total. The van der Waals surface area contributed by atoms with Crippen molar-refractivity contribution < 1.29 is 36.3 Å². The molecule has 0 aliphatic heterocycles. The van der Waals surface area contributed by atoms with Crippen molar-refractivity contribution in [1.29, 1.82) is 0 Å². The first-order chi connectivity index (χ1) is 9.81. The number of nitrogens with zero attached hydrogens (tertiary/aromatic N) is 1. The number of likely N-dealkylation sites (N-methyl/N-ethyl adjacent to an activating group) is 1. The van der Waals surface area contributed by atoms with Crippen molar-refractivity contribution >= 4 is 11.9 Å². The Hall–Kier alpha value is -0.810. The number of quaternary nitrogens is 1. The van der Waals surface area contributed by atoms with Crippen LogP contribution in [-0.4, -0.2) is 55.8 Å². The predicted octanol–water partition coefficient (Wildman–Crippen LogP) is -0.165. The second-order valence-corrected chi connectivity index (χ2v) is 6.60. The highest BCUT2D eigenvalue weighted by atomic mass is 35.5. The van der Waals surface area contributed by atoms with E-state index < -0.39 is 5.97 Å². The maximum atomic E-state index is 11.5. The average molecular weight is 338 g/mol. The van der Waals surface area contributed by atoms with Gasteiger partial charge in [-0.2, -0.15) is 0 Å². The number of aliphatic carboxylic acids is 1. The van der Waals surface area contributed by atoms with Gasteiger partial charge >= 0.3 is 11.9 Å². The minimum Gasteiger partial charge on any atom is -1.00 e. The molecule has 0 atom stereocenters. The van der Waals surface area contributed by atoms with Crippen LogP contribution >= 0.6 is 0 Å². The van der Waals surface area contributed by atoms with Crippen molar-refractivity contribution in [1.82, 2.24) is 0 Å². The highest BCUT2D eigenvalue weighted by Crippen LogP contribution is 2.10. The fourth-order valence-corrected chi connectivity index (χ4v) is 1.93. The molecule has 0 radical (unpaired) electrons. The molecule has 0 fully saturated rings. The molecule has 22 heavy (non-hydrogen) atoms. The fraction of sp³-hybridized carbons (Fsp3) is 0.875.